The number of rotatable bonds is 6. The van der Waals surface area contributed by atoms with E-state index < -0.39 is 24.8 Å². The third-order valence-corrected chi connectivity index (χ3v) is 4.17. The molecule has 0 aliphatic heterocycles. The molecule has 1 aliphatic rings. The van der Waals surface area contributed by atoms with Crippen LogP contribution in [-0.2, 0) is 0 Å². The van der Waals surface area contributed by atoms with Gasteiger partial charge in [0.15, 0.2) is 10.4 Å². The molecule has 0 unspecified atom stereocenters. The van der Waals surface area contributed by atoms with Gasteiger partial charge in [-0.15, -0.1) is 0 Å². The Morgan fingerprint density at radius 2 is 2.04 bits per heavy atom. The predicted molar refractivity (Wildman–Crippen MR) is 90.9 cm³/mol. The summed E-state index contributed by atoms with van der Waals surface area (Å²) in [5.74, 6) is -0.817. The Bertz CT molecular complexity index is 790. The number of hydrogen-bond donors (Lipinski definition) is 1. The lowest BCUT2D eigenvalue weighted by Gasteiger charge is -2.22. The van der Waals surface area contributed by atoms with Gasteiger partial charge in [-0.05, 0) is 59.1 Å². The number of furan rings is 1. The highest BCUT2D eigenvalue weighted by Gasteiger charge is 2.34. The molecule has 1 heterocycles. The van der Waals surface area contributed by atoms with Crippen LogP contribution < -0.4 is 5.32 Å². The normalized spacial score (nSPS) is 13.8. The molecular weight excluding hydrogens is 398 g/mol. The van der Waals surface area contributed by atoms with Crippen LogP contribution >= 0.6 is 15.9 Å². The maximum absolute atomic E-state index is 12.7. The summed E-state index contributed by atoms with van der Waals surface area (Å²) in [5, 5.41) is 2.62. The summed E-state index contributed by atoms with van der Waals surface area (Å²) in [4.78, 5) is 25.8. The fraction of sp³-hybridized carbons (Fsp3) is 0.294. The number of alkyl halides is 2. The van der Waals surface area contributed by atoms with E-state index in [0.717, 1.165) is 12.8 Å². The Kier molecular flexibility index (Phi) is 5.17. The number of carbonyl (C=O) groups is 2. The van der Waals surface area contributed by atoms with Crippen LogP contribution in [0.5, 0.6) is 0 Å². The van der Waals surface area contributed by atoms with Crippen LogP contribution in [0.2, 0.25) is 0 Å². The molecule has 2 aromatic rings. The average Bonchev–Trinajstić information content (AvgIpc) is 3.32. The van der Waals surface area contributed by atoms with Crippen LogP contribution in [0.15, 0.2) is 45.5 Å². The number of anilines is 1. The fourth-order valence-electron chi connectivity index (χ4n) is 2.46. The first-order valence-corrected chi connectivity index (χ1v) is 8.49. The van der Waals surface area contributed by atoms with E-state index in [2.05, 4.69) is 21.2 Å². The van der Waals surface area contributed by atoms with Crippen LogP contribution in [0.3, 0.4) is 0 Å². The van der Waals surface area contributed by atoms with Gasteiger partial charge < -0.3 is 14.6 Å². The zero-order valence-corrected chi connectivity index (χ0v) is 14.6. The van der Waals surface area contributed by atoms with Crippen LogP contribution in [0.1, 0.15) is 33.8 Å². The van der Waals surface area contributed by atoms with E-state index in [-0.39, 0.29) is 17.4 Å². The number of halogens is 3. The maximum Gasteiger partial charge on any atom is 0.291 e. The summed E-state index contributed by atoms with van der Waals surface area (Å²) in [6.07, 6.45) is -1.10. The molecule has 8 heteroatoms. The number of carbonyl (C=O) groups excluding carboxylic acids is 2. The highest BCUT2D eigenvalue weighted by atomic mass is 79.9. The van der Waals surface area contributed by atoms with Crippen LogP contribution in [-0.4, -0.2) is 35.7 Å². The highest BCUT2D eigenvalue weighted by molar-refractivity contribution is 9.10. The van der Waals surface area contributed by atoms with Gasteiger partial charge in [0.1, 0.15) is 0 Å². The van der Waals surface area contributed by atoms with Crippen molar-refractivity contribution in [3.63, 3.8) is 0 Å². The van der Waals surface area contributed by atoms with Crippen molar-refractivity contribution < 1.29 is 22.8 Å². The number of nitrogens with one attached hydrogen (secondary N) is 1. The summed E-state index contributed by atoms with van der Waals surface area (Å²) in [6.45, 7) is -0.583. The summed E-state index contributed by atoms with van der Waals surface area (Å²) < 4.78 is 31.0. The minimum atomic E-state index is -2.58. The van der Waals surface area contributed by atoms with Gasteiger partial charge in [0.25, 0.3) is 18.2 Å². The maximum atomic E-state index is 12.7. The quantitative estimate of drug-likeness (QED) is 0.774. The van der Waals surface area contributed by atoms with Crippen molar-refractivity contribution in [3.8, 4) is 0 Å². The Hall–Kier alpha value is -2.22. The second-order valence-electron chi connectivity index (χ2n) is 5.72. The first-order valence-electron chi connectivity index (χ1n) is 7.70. The highest BCUT2D eigenvalue weighted by Crippen LogP contribution is 2.29. The van der Waals surface area contributed by atoms with Crippen LogP contribution in [0.25, 0.3) is 0 Å². The van der Waals surface area contributed by atoms with E-state index in [4.69, 9.17) is 4.42 Å². The van der Waals surface area contributed by atoms with Crippen molar-refractivity contribution in [2.75, 3.05) is 11.9 Å². The molecule has 1 saturated carbocycles. The SMILES string of the molecule is O=C(Nc1cccc(C(=O)N(CC(F)F)C2CC2)c1)c1ccc(Br)o1. The first-order chi connectivity index (χ1) is 11.9. The van der Waals surface area contributed by atoms with Gasteiger partial charge in [0.2, 0.25) is 0 Å². The van der Waals surface area contributed by atoms with Crippen molar-refractivity contribution >= 4 is 33.4 Å². The Labute approximate surface area is 151 Å². The molecule has 25 heavy (non-hydrogen) atoms. The molecule has 3 rings (SSSR count). The van der Waals surface area contributed by atoms with Crippen molar-refractivity contribution in [2.24, 2.45) is 0 Å². The molecular formula is C17H15BrF2N2O3. The zero-order chi connectivity index (χ0) is 18.0. The molecule has 1 fully saturated rings. The van der Waals surface area contributed by atoms with Gasteiger partial charge in [-0.3, -0.25) is 9.59 Å². The molecule has 1 N–H and O–H groups in total. The number of benzene rings is 1. The lowest BCUT2D eigenvalue weighted by molar-refractivity contribution is 0.0534. The van der Waals surface area contributed by atoms with Gasteiger partial charge in [-0.2, -0.15) is 0 Å². The molecule has 1 aromatic carbocycles. The monoisotopic (exact) mass is 412 g/mol. The van der Waals surface area contributed by atoms with Gasteiger partial charge in [-0.25, -0.2) is 8.78 Å². The summed E-state index contributed by atoms with van der Waals surface area (Å²) in [5.41, 5.74) is 0.641. The van der Waals surface area contributed by atoms with Crippen LogP contribution in [0.4, 0.5) is 14.5 Å². The lowest BCUT2D eigenvalue weighted by Crippen LogP contribution is -2.37. The second kappa shape index (κ2) is 7.35. The number of amides is 2. The van der Waals surface area contributed by atoms with E-state index in [1.54, 1.807) is 24.3 Å². The Morgan fingerprint density at radius 3 is 2.64 bits per heavy atom. The molecule has 0 spiro atoms. The smallest absolute Gasteiger partial charge is 0.291 e. The molecule has 2 amide bonds. The summed E-state index contributed by atoms with van der Waals surface area (Å²) in [6, 6.07) is 9.19. The molecule has 132 valence electrons. The number of hydrogen-bond acceptors (Lipinski definition) is 3. The minimum absolute atomic E-state index is 0.112. The molecule has 0 atom stereocenters. The van der Waals surface area contributed by atoms with Gasteiger partial charge >= 0.3 is 0 Å². The third kappa shape index (κ3) is 4.45. The topological polar surface area (TPSA) is 62.6 Å². The van der Waals surface area contributed by atoms with E-state index in [1.807, 2.05) is 0 Å². The van der Waals surface area contributed by atoms with E-state index >= 15 is 0 Å². The van der Waals surface area contributed by atoms with Crippen molar-refractivity contribution in [2.45, 2.75) is 25.3 Å². The standard InChI is InChI=1S/C17H15BrF2N2O3/c18-14-7-6-13(25-14)16(23)21-11-3-1-2-10(8-11)17(24)22(9-15(19)20)12-4-5-12/h1-3,6-8,12,15H,4-5,9H2,(H,21,23). The van der Waals surface area contributed by atoms with E-state index in [0.29, 0.717) is 10.4 Å². The number of nitrogens with zero attached hydrogens (tertiary/aromatic N) is 1. The first kappa shape index (κ1) is 17.6. The largest absolute Gasteiger partial charge is 0.444 e. The minimum Gasteiger partial charge on any atom is -0.444 e. The Balaban J connectivity index is 1.74. The zero-order valence-electron chi connectivity index (χ0n) is 13.0. The fourth-order valence-corrected chi connectivity index (χ4v) is 2.76. The molecule has 0 radical (unpaired) electrons. The van der Waals surface area contributed by atoms with Gasteiger partial charge in [0, 0.05) is 17.3 Å². The average molecular weight is 413 g/mol. The van der Waals surface area contributed by atoms with E-state index in [9.17, 15) is 18.4 Å². The van der Waals surface area contributed by atoms with Crippen molar-refractivity contribution in [1.29, 1.82) is 0 Å². The van der Waals surface area contributed by atoms with Gasteiger partial charge in [0.05, 0.1) is 6.54 Å². The molecule has 0 saturated heterocycles. The van der Waals surface area contributed by atoms with Gasteiger partial charge in [-0.1, -0.05) is 6.07 Å². The van der Waals surface area contributed by atoms with Crippen molar-refractivity contribution in [1.82, 2.24) is 4.90 Å². The molecule has 1 aromatic heterocycles. The van der Waals surface area contributed by atoms with Crippen LogP contribution in [0, 0.1) is 0 Å². The third-order valence-electron chi connectivity index (χ3n) is 3.75. The Morgan fingerprint density at radius 1 is 1.28 bits per heavy atom. The molecule has 5 nitrogen and oxygen atoms in total. The lowest BCUT2D eigenvalue weighted by atomic mass is 10.1. The molecule has 0 bridgehead atoms. The second-order valence-corrected chi connectivity index (χ2v) is 6.50. The predicted octanol–water partition coefficient (Wildman–Crippen LogP) is 4.16. The van der Waals surface area contributed by atoms with E-state index in [1.165, 1.54) is 17.0 Å². The molecule has 1 aliphatic carbocycles. The summed E-state index contributed by atoms with van der Waals surface area (Å²) >= 11 is 3.11. The van der Waals surface area contributed by atoms with Crippen molar-refractivity contribution in [3.05, 3.63) is 52.4 Å². The summed E-state index contributed by atoms with van der Waals surface area (Å²) in [7, 11) is 0.